The van der Waals surface area contributed by atoms with Crippen LogP contribution in [0.1, 0.15) is 18.4 Å². The highest BCUT2D eigenvalue weighted by Crippen LogP contribution is 2.49. The molecule has 15 heavy (non-hydrogen) atoms. The number of ether oxygens (including phenoxy) is 2. The van der Waals surface area contributed by atoms with Crippen LogP contribution in [0.25, 0.3) is 0 Å². The Bertz CT molecular complexity index is 375. The average molecular weight is 269 g/mol. The van der Waals surface area contributed by atoms with E-state index in [4.69, 9.17) is 9.47 Å². The Kier molecular flexibility index (Phi) is 2.00. The van der Waals surface area contributed by atoms with E-state index in [1.54, 1.807) is 0 Å². The fourth-order valence-electron chi connectivity index (χ4n) is 1.83. The molecule has 0 atom stereocenters. The molecule has 0 amide bonds. The largest absolute Gasteiger partial charge is 0.489 e. The molecule has 0 bridgehead atoms. The molecule has 0 saturated heterocycles. The van der Waals surface area contributed by atoms with Gasteiger partial charge in [-0.05, 0) is 37.5 Å². The topological polar surface area (TPSA) is 18.5 Å². The van der Waals surface area contributed by atoms with Crippen LogP contribution in [-0.4, -0.2) is 13.2 Å². The Balaban J connectivity index is 1.96. The van der Waals surface area contributed by atoms with Crippen LogP contribution in [0.2, 0.25) is 0 Å². The first-order valence-electron chi connectivity index (χ1n) is 5.24. The lowest BCUT2D eigenvalue weighted by molar-refractivity contribution is 0.197. The van der Waals surface area contributed by atoms with E-state index in [0.717, 1.165) is 29.2 Å². The van der Waals surface area contributed by atoms with Crippen molar-refractivity contribution in [1.82, 2.24) is 0 Å². The average Bonchev–Trinajstić information content (AvgIpc) is 2.99. The minimum absolute atomic E-state index is 0.319. The lowest BCUT2D eigenvalue weighted by Crippen LogP contribution is -2.17. The summed E-state index contributed by atoms with van der Waals surface area (Å²) < 4.78 is 12.7. The summed E-state index contributed by atoms with van der Waals surface area (Å²) in [5.74, 6) is 1.76. The minimum Gasteiger partial charge on any atom is -0.489 e. The molecule has 0 aromatic heterocycles. The highest BCUT2D eigenvalue weighted by Gasteiger charge is 2.46. The maximum absolute atomic E-state index is 5.82. The van der Waals surface area contributed by atoms with E-state index in [1.807, 2.05) is 12.1 Å². The number of halogens is 1. The molecule has 2 aliphatic rings. The second-order valence-corrected chi connectivity index (χ2v) is 5.48. The first-order chi connectivity index (χ1) is 7.19. The Morgan fingerprint density at radius 3 is 2.33 bits per heavy atom. The zero-order valence-electron chi connectivity index (χ0n) is 8.68. The molecular weight excluding hydrogens is 256 g/mol. The van der Waals surface area contributed by atoms with Gasteiger partial charge in [-0.1, -0.05) is 15.9 Å². The van der Waals surface area contributed by atoms with E-state index in [-0.39, 0.29) is 0 Å². The van der Waals surface area contributed by atoms with Crippen molar-refractivity contribution in [3.8, 4) is 11.5 Å². The third-order valence-electron chi connectivity index (χ3n) is 3.25. The van der Waals surface area contributed by atoms with Crippen molar-refractivity contribution in [2.45, 2.75) is 19.8 Å². The highest BCUT2D eigenvalue weighted by atomic mass is 79.9. The summed E-state index contributed by atoms with van der Waals surface area (Å²) >= 11 is 3.51. The first kappa shape index (κ1) is 9.52. The molecule has 1 aliphatic carbocycles. The molecule has 2 nitrogen and oxygen atoms in total. The van der Waals surface area contributed by atoms with Gasteiger partial charge in [0.1, 0.15) is 0 Å². The van der Waals surface area contributed by atoms with Gasteiger partial charge in [-0.25, -0.2) is 0 Å². The maximum atomic E-state index is 5.82. The number of aryl methyl sites for hydroxylation is 1. The van der Waals surface area contributed by atoms with Gasteiger partial charge in [-0.2, -0.15) is 0 Å². The SMILES string of the molecule is Cc1cc2c(cc1Br)OCC1(CC1)CO2. The molecule has 1 fully saturated rings. The van der Waals surface area contributed by atoms with Gasteiger partial charge in [-0.3, -0.25) is 0 Å². The second kappa shape index (κ2) is 3.14. The molecule has 1 aromatic carbocycles. The molecule has 80 valence electrons. The van der Waals surface area contributed by atoms with E-state index in [0.29, 0.717) is 5.41 Å². The lowest BCUT2D eigenvalue weighted by atomic mass is 10.1. The zero-order chi connectivity index (χ0) is 10.5. The molecule has 1 aromatic rings. The molecule has 0 radical (unpaired) electrons. The maximum Gasteiger partial charge on any atom is 0.162 e. The lowest BCUT2D eigenvalue weighted by Gasteiger charge is -2.08. The molecule has 0 N–H and O–H groups in total. The van der Waals surface area contributed by atoms with Crippen molar-refractivity contribution in [2.24, 2.45) is 5.41 Å². The summed E-state index contributed by atoms with van der Waals surface area (Å²) in [5, 5.41) is 0. The summed E-state index contributed by atoms with van der Waals surface area (Å²) in [6.45, 7) is 3.67. The predicted octanol–water partition coefficient (Wildman–Crippen LogP) is 3.31. The Morgan fingerprint density at radius 2 is 1.73 bits per heavy atom. The van der Waals surface area contributed by atoms with Crippen molar-refractivity contribution >= 4 is 15.9 Å². The number of rotatable bonds is 0. The van der Waals surface area contributed by atoms with E-state index in [9.17, 15) is 0 Å². The fraction of sp³-hybridized carbons (Fsp3) is 0.500. The van der Waals surface area contributed by atoms with Crippen LogP contribution in [0.15, 0.2) is 16.6 Å². The predicted molar refractivity (Wildman–Crippen MR) is 61.5 cm³/mol. The number of hydrogen-bond acceptors (Lipinski definition) is 2. The summed E-state index contributed by atoms with van der Waals surface area (Å²) in [6, 6.07) is 4.05. The molecule has 3 heteroatoms. The normalized spacial score (nSPS) is 21.2. The Hall–Kier alpha value is -0.700. The van der Waals surface area contributed by atoms with E-state index in [2.05, 4.69) is 22.9 Å². The monoisotopic (exact) mass is 268 g/mol. The molecule has 0 unspecified atom stereocenters. The van der Waals surface area contributed by atoms with Crippen molar-refractivity contribution in [1.29, 1.82) is 0 Å². The Labute approximate surface area is 97.7 Å². The molecular formula is C12H13BrO2. The van der Waals surface area contributed by atoms with Crippen molar-refractivity contribution in [2.75, 3.05) is 13.2 Å². The van der Waals surface area contributed by atoms with Crippen LogP contribution < -0.4 is 9.47 Å². The second-order valence-electron chi connectivity index (χ2n) is 4.63. The van der Waals surface area contributed by atoms with E-state index in [1.165, 1.54) is 18.4 Å². The van der Waals surface area contributed by atoms with Crippen LogP contribution >= 0.6 is 15.9 Å². The van der Waals surface area contributed by atoms with Crippen LogP contribution in [-0.2, 0) is 0 Å². The first-order valence-corrected chi connectivity index (χ1v) is 6.04. The van der Waals surface area contributed by atoms with Crippen LogP contribution in [0.4, 0.5) is 0 Å². The van der Waals surface area contributed by atoms with Gasteiger partial charge >= 0.3 is 0 Å². The van der Waals surface area contributed by atoms with Crippen molar-refractivity contribution in [3.05, 3.63) is 22.2 Å². The molecule has 1 heterocycles. The van der Waals surface area contributed by atoms with Crippen molar-refractivity contribution < 1.29 is 9.47 Å². The van der Waals surface area contributed by atoms with Gasteiger partial charge in [0.15, 0.2) is 11.5 Å². The van der Waals surface area contributed by atoms with Gasteiger partial charge in [0.2, 0.25) is 0 Å². The van der Waals surface area contributed by atoms with Crippen LogP contribution in [0, 0.1) is 12.3 Å². The van der Waals surface area contributed by atoms with E-state index < -0.39 is 0 Å². The number of fused-ring (bicyclic) bond motifs is 1. The van der Waals surface area contributed by atoms with Gasteiger partial charge in [0.25, 0.3) is 0 Å². The molecule has 1 aliphatic heterocycles. The minimum atomic E-state index is 0.319. The standard InChI is InChI=1S/C12H13BrO2/c1-8-4-10-11(5-9(8)13)15-7-12(2-3-12)6-14-10/h4-5H,2-3,6-7H2,1H3. The summed E-state index contributed by atoms with van der Waals surface area (Å²) in [6.07, 6.45) is 2.47. The highest BCUT2D eigenvalue weighted by molar-refractivity contribution is 9.10. The Morgan fingerprint density at radius 1 is 1.13 bits per heavy atom. The summed E-state index contributed by atoms with van der Waals surface area (Å²) in [4.78, 5) is 0. The summed E-state index contributed by atoms with van der Waals surface area (Å²) in [7, 11) is 0. The van der Waals surface area contributed by atoms with Gasteiger partial charge in [0.05, 0.1) is 13.2 Å². The number of benzene rings is 1. The molecule has 1 spiro atoms. The third kappa shape index (κ3) is 1.63. The third-order valence-corrected chi connectivity index (χ3v) is 4.10. The summed E-state index contributed by atoms with van der Waals surface area (Å²) in [5.41, 5.74) is 1.50. The number of hydrogen-bond donors (Lipinski definition) is 0. The van der Waals surface area contributed by atoms with Gasteiger partial charge < -0.3 is 9.47 Å². The van der Waals surface area contributed by atoms with Crippen LogP contribution in [0.5, 0.6) is 11.5 Å². The van der Waals surface area contributed by atoms with Crippen molar-refractivity contribution in [3.63, 3.8) is 0 Å². The molecule has 1 saturated carbocycles. The quantitative estimate of drug-likeness (QED) is 0.719. The van der Waals surface area contributed by atoms with Crippen LogP contribution in [0.3, 0.4) is 0 Å². The zero-order valence-corrected chi connectivity index (χ0v) is 10.3. The van der Waals surface area contributed by atoms with Gasteiger partial charge in [0, 0.05) is 9.89 Å². The fourth-order valence-corrected chi connectivity index (χ4v) is 2.15. The van der Waals surface area contributed by atoms with Gasteiger partial charge in [-0.15, -0.1) is 0 Å². The van der Waals surface area contributed by atoms with E-state index >= 15 is 0 Å². The smallest absolute Gasteiger partial charge is 0.162 e. The molecule has 3 rings (SSSR count).